The minimum atomic E-state index is -3.86. The summed E-state index contributed by atoms with van der Waals surface area (Å²) in [6.45, 7) is 1.90. The second-order valence-electron chi connectivity index (χ2n) is 5.61. The van der Waals surface area contributed by atoms with Crippen molar-refractivity contribution in [2.75, 3.05) is 19.8 Å². The number of ether oxygens (including phenoxy) is 2. The molecule has 1 saturated heterocycles. The van der Waals surface area contributed by atoms with E-state index < -0.39 is 35.3 Å². The van der Waals surface area contributed by atoms with E-state index in [0.29, 0.717) is 0 Å². The van der Waals surface area contributed by atoms with E-state index in [2.05, 4.69) is 5.32 Å². The number of benzene rings is 1. The van der Waals surface area contributed by atoms with E-state index in [-0.39, 0.29) is 32.0 Å². The maximum absolute atomic E-state index is 14.6. The number of para-hydroxylation sites is 1. The molecule has 1 amide bonds. The summed E-state index contributed by atoms with van der Waals surface area (Å²) in [5.74, 6) is -6.71. The Morgan fingerprint density at radius 1 is 1.42 bits per heavy atom. The number of carboxylic acids is 1. The molecule has 0 aromatic heterocycles. The predicted octanol–water partition coefficient (Wildman–Crippen LogP) is 1.93. The Kier molecular flexibility index (Phi) is 5.38. The Morgan fingerprint density at radius 2 is 2.12 bits per heavy atom. The molecule has 0 radical (unpaired) electrons. The van der Waals surface area contributed by atoms with Gasteiger partial charge in [0.05, 0.1) is 30.7 Å². The molecule has 6 nitrogen and oxygen atoms in total. The van der Waals surface area contributed by atoms with Gasteiger partial charge in [0, 0.05) is 6.61 Å². The van der Waals surface area contributed by atoms with Gasteiger partial charge >= 0.3 is 11.9 Å². The van der Waals surface area contributed by atoms with Crippen molar-refractivity contribution in [3.8, 4) is 5.75 Å². The summed E-state index contributed by atoms with van der Waals surface area (Å²) in [6.07, 6.45) is -0.323. The van der Waals surface area contributed by atoms with Crippen molar-refractivity contribution >= 4 is 11.9 Å². The average molecular weight is 343 g/mol. The van der Waals surface area contributed by atoms with Gasteiger partial charge in [0.2, 0.25) is 0 Å². The van der Waals surface area contributed by atoms with Gasteiger partial charge in [-0.1, -0.05) is 12.1 Å². The smallest absolute Gasteiger partial charge is 0.353 e. The number of carboxylic acid groups (broad SMARTS) is 1. The molecule has 2 rings (SSSR count). The number of nitrogens with one attached hydrogen (secondary N) is 1. The number of rotatable bonds is 7. The van der Waals surface area contributed by atoms with Crippen LogP contribution >= 0.6 is 0 Å². The van der Waals surface area contributed by atoms with Crippen molar-refractivity contribution in [3.63, 3.8) is 0 Å². The molecule has 0 saturated carbocycles. The monoisotopic (exact) mass is 343 g/mol. The van der Waals surface area contributed by atoms with E-state index in [0.717, 1.165) is 6.07 Å². The maximum atomic E-state index is 14.6. The highest BCUT2D eigenvalue weighted by Gasteiger charge is 2.48. The van der Waals surface area contributed by atoms with E-state index in [4.69, 9.17) is 14.6 Å². The van der Waals surface area contributed by atoms with Gasteiger partial charge in [-0.25, -0.2) is 0 Å². The highest BCUT2D eigenvalue weighted by Crippen LogP contribution is 2.36. The van der Waals surface area contributed by atoms with Crippen LogP contribution in [0.3, 0.4) is 0 Å². The van der Waals surface area contributed by atoms with Gasteiger partial charge in [0.25, 0.3) is 5.91 Å². The normalized spacial score (nSPS) is 20.6. The van der Waals surface area contributed by atoms with Crippen LogP contribution in [0.4, 0.5) is 8.78 Å². The topological polar surface area (TPSA) is 84.9 Å². The zero-order chi connectivity index (χ0) is 17.8. The zero-order valence-corrected chi connectivity index (χ0v) is 13.2. The summed E-state index contributed by atoms with van der Waals surface area (Å²) in [7, 11) is 0. The summed E-state index contributed by atoms with van der Waals surface area (Å²) < 4.78 is 39.5. The summed E-state index contributed by atoms with van der Waals surface area (Å²) >= 11 is 0. The van der Waals surface area contributed by atoms with Crippen LogP contribution in [0.25, 0.3) is 0 Å². The number of hydrogen-bond acceptors (Lipinski definition) is 4. The van der Waals surface area contributed by atoms with Gasteiger partial charge in [-0.15, -0.1) is 0 Å². The van der Waals surface area contributed by atoms with Crippen molar-refractivity contribution in [1.29, 1.82) is 0 Å². The van der Waals surface area contributed by atoms with Crippen LogP contribution in [-0.4, -0.2) is 42.3 Å². The minimum absolute atomic E-state index is 0.0879. The summed E-state index contributed by atoms with van der Waals surface area (Å²) in [5.41, 5.74) is -1.89. The third-order valence-corrected chi connectivity index (χ3v) is 3.78. The number of amides is 1. The molecule has 1 heterocycles. The molecule has 2 N–H and O–H groups in total. The molecule has 1 aromatic carbocycles. The van der Waals surface area contributed by atoms with Crippen LogP contribution in [0.15, 0.2) is 24.3 Å². The lowest BCUT2D eigenvalue weighted by Gasteiger charge is -2.29. The first-order valence-corrected chi connectivity index (χ1v) is 7.53. The molecule has 0 bridgehead atoms. The number of halogens is 2. The molecular formula is C16H19F2NO5. The summed E-state index contributed by atoms with van der Waals surface area (Å²) in [5, 5.41) is 11.2. The first-order valence-electron chi connectivity index (χ1n) is 7.53. The highest BCUT2D eigenvalue weighted by molar-refractivity contribution is 5.87. The molecule has 1 aromatic rings. The van der Waals surface area contributed by atoms with E-state index in [9.17, 15) is 18.4 Å². The molecule has 0 spiro atoms. The van der Waals surface area contributed by atoms with Crippen molar-refractivity contribution < 1.29 is 33.0 Å². The van der Waals surface area contributed by atoms with Crippen LogP contribution in [0.2, 0.25) is 0 Å². The molecule has 1 aliphatic heterocycles. The number of carbonyl (C=O) groups excluding carboxylic acids is 1. The number of alkyl halides is 2. The van der Waals surface area contributed by atoms with Crippen molar-refractivity contribution in [3.05, 3.63) is 29.8 Å². The number of aliphatic carboxylic acids is 1. The van der Waals surface area contributed by atoms with Crippen LogP contribution in [-0.2, 0) is 20.2 Å². The fourth-order valence-electron chi connectivity index (χ4n) is 2.63. The van der Waals surface area contributed by atoms with Crippen molar-refractivity contribution in [2.45, 2.75) is 31.2 Å². The molecule has 24 heavy (non-hydrogen) atoms. The minimum Gasteiger partial charge on any atom is -0.493 e. The molecular weight excluding hydrogens is 324 g/mol. The first kappa shape index (κ1) is 18.1. The lowest BCUT2D eigenvalue weighted by atomic mass is 9.93. The highest BCUT2D eigenvalue weighted by atomic mass is 19.3. The molecule has 8 heteroatoms. The lowest BCUT2D eigenvalue weighted by Crippen LogP contribution is -2.54. The molecule has 1 aliphatic rings. The van der Waals surface area contributed by atoms with Crippen LogP contribution in [0, 0.1) is 0 Å². The van der Waals surface area contributed by atoms with Crippen molar-refractivity contribution in [2.24, 2.45) is 0 Å². The fourth-order valence-corrected chi connectivity index (χ4v) is 2.63. The molecule has 1 atom stereocenters. The molecule has 1 unspecified atom stereocenters. The van der Waals surface area contributed by atoms with Crippen LogP contribution in [0.1, 0.15) is 25.3 Å². The van der Waals surface area contributed by atoms with Gasteiger partial charge in [0.15, 0.2) is 0 Å². The summed E-state index contributed by atoms with van der Waals surface area (Å²) in [4.78, 5) is 23.2. The Hall–Kier alpha value is -2.22. The van der Waals surface area contributed by atoms with Gasteiger partial charge in [-0.3, -0.25) is 9.59 Å². The molecule has 0 aliphatic carbocycles. The van der Waals surface area contributed by atoms with Gasteiger partial charge in [-0.2, -0.15) is 8.78 Å². The predicted molar refractivity (Wildman–Crippen MR) is 80.1 cm³/mol. The summed E-state index contributed by atoms with van der Waals surface area (Å²) in [6, 6.07) is 5.37. The van der Waals surface area contributed by atoms with E-state index in [1.807, 2.05) is 0 Å². The van der Waals surface area contributed by atoms with Crippen molar-refractivity contribution in [1.82, 2.24) is 5.32 Å². The number of hydrogen-bond donors (Lipinski definition) is 2. The third kappa shape index (κ3) is 3.81. The van der Waals surface area contributed by atoms with E-state index >= 15 is 0 Å². The molecule has 1 fully saturated rings. The lowest BCUT2D eigenvalue weighted by molar-refractivity contribution is -0.150. The maximum Gasteiger partial charge on any atom is 0.353 e. The van der Waals surface area contributed by atoms with Gasteiger partial charge in [-0.05, 0) is 25.5 Å². The Balaban J connectivity index is 2.25. The number of carbonyl (C=O) groups is 2. The second-order valence-corrected chi connectivity index (χ2v) is 5.61. The van der Waals surface area contributed by atoms with E-state index in [1.54, 1.807) is 6.92 Å². The SMILES string of the molecule is CCOc1ccccc1C(F)(F)C(=O)NC1(CC(=O)O)CCOC1. The second kappa shape index (κ2) is 7.12. The standard InChI is InChI=1S/C16H19F2NO5/c1-2-24-12-6-4-3-5-11(12)16(17,18)14(22)19-15(9-13(20)21)7-8-23-10-15/h3-6H,2,7-10H2,1H3,(H,19,22)(H,20,21). The van der Waals surface area contributed by atoms with Crippen LogP contribution < -0.4 is 10.1 Å². The van der Waals surface area contributed by atoms with Gasteiger partial charge < -0.3 is 19.9 Å². The third-order valence-electron chi connectivity index (χ3n) is 3.78. The zero-order valence-electron chi connectivity index (χ0n) is 13.2. The molecule has 132 valence electrons. The van der Waals surface area contributed by atoms with Gasteiger partial charge in [0.1, 0.15) is 5.75 Å². The Morgan fingerprint density at radius 3 is 2.71 bits per heavy atom. The first-order chi connectivity index (χ1) is 11.3. The Bertz CT molecular complexity index is 614. The quantitative estimate of drug-likeness (QED) is 0.790. The van der Waals surface area contributed by atoms with E-state index in [1.165, 1.54) is 18.2 Å². The fraction of sp³-hybridized carbons (Fsp3) is 0.500. The average Bonchev–Trinajstić information content (AvgIpc) is 2.95. The Labute approximate surface area is 137 Å². The largest absolute Gasteiger partial charge is 0.493 e. The van der Waals surface area contributed by atoms with Crippen LogP contribution in [0.5, 0.6) is 5.75 Å².